The van der Waals surface area contributed by atoms with Gasteiger partial charge >= 0.3 is 5.97 Å². The third-order valence-corrected chi connectivity index (χ3v) is 2.25. The van der Waals surface area contributed by atoms with Crippen molar-refractivity contribution in [2.24, 2.45) is 0 Å². The number of rotatable bonds is 2. The molecule has 1 aliphatic heterocycles. The van der Waals surface area contributed by atoms with Crippen LogP contribution in [0.15, 0.2) is 24.4 Å². The molecule has 0 aliphatic carbocycles. The van der Waals surface area contributed by atoms with Crippen molar-refractivity contribution in [3.8, 4) is 0 Å². The fraction of sp³-hybridized carbons (Fsp3) is 0.286. The summed E-state index contributed by atoms with van der Waals surface area (Å²) >= 11 is 3.04. The SMILES string of the molecule is O=C(O)C(Br)N1C=CC=CC1. The van der Waals surface area contributed by atoms with Crippen molar-refractivity contribution < 1.29 is 9.90 Å². The summed E-state index contributed by atoms with van der Waals surface area (Å²) in [4.78, 5) is 11.5. The van der Waals surface area contributed by atoms with E-state index in [-0.39, 0.29) is 0 Å². The second-order valence-corrected chi connectivity index (χ2v) is 3.01. The van der Waals surface area contributed by atoms with Crippen LogP contribution in [0.2, 0.25) is 0 Å². The molecule has 0 radical (unpaired) electrons. The molecule has 0 fully saturated rings. The van der Waals surface area contributed by atoms with Crippen molar-refractivity contribution in [2.45, 2.75) is 4.95 Å². The van der Waals surface area contributed by atoms with Crippen LogP contribution < -0.4 is 0 Å². The van der Waals surface area contributed by atoms with E-state index in [1.165, 1.54) is 0 Å². The van der Waals surface area contributed by atoms with Crippen LogP contribution in [0.1, 0.15) is 0 Å². The minimum atomic E-state index is -0.870. The average Bonchev–Trinajstić information content (AvgIpc) is 2.05. The van der Waals surface area contributed by atoms with Crippen molar-refractivity contribution in [2.75, 3.05) is 6.54 Å². The number of halogens is 1. The number of carbonyl (C=O) groups is 1. The van der Waals surface area contributed by atoms with Crippen LogP contribution in [0.3, 0.4) is 0 Å². The second-order valence-electron chi connectivity index (χ2n) is 2.14. The zero-order chi connectivity index (χ0) is 8.27. The number of alkyl halides is 1. The average molecular weight is 218 g/mol. The summed E-state index contributed by atoms with van der Waals surface area (Å²) in [7, 11) is 0. The van der Waals surface area contributed by atoms with Gasteiger partial charge in [0.05, 0.1) is 0 Å². The highest BCUT2D eigenvalue weighted by molar-refractivity contribution is 9.09. The Bertz CT molecular complexity index is 212. The van der Waals surface area contributed by atoms with Gasteiger partial charge in [-0.25, -0.2) is 4.79 Å². The lowest BCUT2D eigenvalue weighted by atomic mass is 10.3. The van der Waals surface area contributed by atoms with Crippen LogP contribution in [0.4, 0.5) is 0 Å². The van der Waals surface area contributed by atoms with Gasteiger partial charge in [-0.2, -0.15) is 0 Å². The molecule has 0 bridgehead atoms. The molecule has 1 aliphatic rings. The number of aliphatic carboxylic acids is 1. The molecule has 1 heterocycles. The third-order valence-electron chi connectivity index (χ3n) is 1.34. The highest BCUT2D eigenvalue weighted by atomic mass is 79.9. The first-order valence-corrected chi connectivity index (χ1v) is 4.09. The number of nitrogens with zero attached hydrogens (tertiary/aromatic N) is 1. The van der Waals surface area contributed by atoms with Gasteiger partial charge in [-0.3, -0.25) is 0 Å². The Morgan fingerprint density at radius 3 is 2.82 bits per heavy atom. The Kier molecular flexibility index (Phi) is 2.70. The van der Waals surface area contributed by atoms with Crippen molar-refractivity contribution in [1.29, 1.82) is 0 Å². The van der Waals surface area contributed by atoms with Crippen molar-refractivity contribution in [1.82, 2.24) is 4.90 Å². The maximum absolute atomic E-state index is 10.5. The fourth-order valence-corrected chi connectivity index (χ4v) is 1.10. The van der Waals surface area contributed by atoms with Gasteiger partial charge in [-0.05, 0) is 6.08 Å². The van der Waals surface area contributed by atoms with Gasteiger partial charge in [-0.1, -0.05) is 28.1 Å². The molecule has 1 unspecified atom stereocenters. The van der Waals surface area contributed by atoms with Gasteiger partial charge in [0.2, 0.25) is 0 Å². The van der Waals surface area contributed by atoms with E-state index in [0.717, 1.165) is 0 Å². The van der Waals surface area contributed by atoms with Crippen LogP contribution >= 0.6 is 15.9 Å². The Morgan fingerprint density at radius 2 is 2.36 bits per heavy atom. The zero-order valence-electron chi connectivity index (χ0n) is 5.77. The Labute approximate surface area is 73.1 Å². The van der Waals surface area contributed by atoms with E-state index in [4.69, 9.17) is 5.11 Å². The summed E-state index contributed by atoms with van der Waals surface area (Å²) < 4.78 is 0. The Balaban J connectivity index is 2.55. The Hall–Kier alpha value is -0.770. The molecule has 1 N–H and O–H groups in total. The topological polar surface area (TPSA) is 40.5 Å². The highest BCUT2D eigenvalue weighted by Crippen LogP contribution is 2.10. The molecule has 1 atom stereocenters. The summed E-state index contributed by atoms with van der Waals surface area (Å²) in [6, 6.07) is 0. The summed E-state index contributed by atoms with van der Waals surface area (Å²) in [6.45, 7) is 0.638. The molecule has 0 aromatic rings. The van der Waals surface area contributed by atoms with E-state index in [2.05, 4.69) is 15.9 Å². The van der Waals surface area contributed by atoms with Gasteiger partial charge < -0.3 is 10.0 Å². The molecular weight excluding hydrogens is 210 g/mol. The lowest BCUT2D eigenvalue weighted by Gasteiger charge is -2.22. The molecule has 0 spiro atoms. The maximum Gasteiger partial charge on any atom is 0.337 e. The van der Waals surface area contributed by atoms with Gasteiger partial charge in [-0.15, -0.1) is 0 Å². The fourth-order valence-electron chi connectivity index (χ4n) is 0.792. The standard InChI is InChI=1S/C7H8BrNO2/c8-6(7(10)11)9-4-2-1-3-5-9/h1-4,6H,5H2,(H,10,11). The molecule has 0 saturated carbocycles. The molecule has 11 heavy (non-hydrogen) atoms. The van der Waals surface area contributed by atoms with E-state index in [1.807, 2.05) is 12.2 Å². The normalized spacial score (nSPS) is 18.5. The van der Waals surface area contributed by atoms with Gasteiger partial charge in [0.25, 0.3) is 0 Å². The third kappa shape index (κ3) is 2.08. The number of hydrogen-bond donors (Lipinski definition) is 1. The predicted octanol–water partition coefficient (Wildman–Crippen LogP) is 1.18. The van der Waals surface area contributed by atoms with Crippen LogP contribution in [-0.4, -0.2) is 27.5 Å². The second kappa shape index (κ2) is 3.57. The largest absolute Gasteiger partial charge is 0.479 e. The van der Waals surface area contributed by atoms with Crippen molar-refractivity contribution in [3.63, 3.8) is 0 Å². The van der Waals surface area contributed by atoms with E-state index < -0.39 is 10.9 Å². The van der Waals surface area contributed by atoms with Crippen LogP contribution in [0.25, 0.3) is 0 Å². The molecule has 0 aromatic heterocycles. The minimum Gasteiger partial charge on any atom is -0.479 e. The zero-order valence-corrected chi connectivity index (χ0v) is 7.36. The van der Waals surface area contributed by atoms with Crippen LogP contribution in [0.5, 0.6) is 0 Å². The first kappa shape index (κ1) is 8.33. The lowest BCUT2D eigenvalue weighted by molar-refractivity contribution is -0.138. The van der Waals surface area contributed by atoms with Crippen LogP contribution in [-0.2, 0) is 4.79 Å². The first-order chi connectivity index (χ1) is 5.22. The van der Waals surface area contributed by atoms with Gasteiger partial charge in [0, 0.05) is 12.7 Å². The molecule has 0 aromatic carbocycles. The molecule has 4 heteroatoms. The smallest absolute Gasteiger partial charge is 0.337 e. The predicted molar refractivity (Wildman–Crippen MR) is 45.3 cm³/mol. The van der Waals surface area contributed by atoms with Gasteiger partial charge in [0.1, 0.15) is 0 Å². The lowest BCUT2D eigenvalue weighted by Crippen LogP contribution is -2.33. The number of hydrogen-bond acceptors (Lipinski definition) is 2. The van der Waals surface area contributed by atoms with E-state index in [0.29, 0.717) is 6.54 Å². The van der Waals surface area contributed by atoms with Crippen molar-refractivity contribution >= 4 is 21.9 Å². The monoisotopic (exact) mass is 217 g/mol. The Morgan fingerprint density at radius 1 is 1.64 bits per heavy atom. The van der Waals surface area contributed by atoms with E-state index >= 15 is 0 Å². The molecule has 0 amide bonds. The molecule has 1 rings (SSSR count). The minimum absolute atomic E-state index is 0.622. The summed E-state index contributed by atoms with van der Waals surface area (Å²) in [5, 5.41) is 8.59. The summed E-state index contributed by atoms with van der Waals surface area (Å²) in [5.41, 5.74) is 0. The van der Waals surface area contributed by atoms with Gasteiger partial charge in [0.15, 0.2) is 4.95 Å². The number of carboxylic acid groups (broad SMARTS) is 1. The summed E-state index contributed by atoms with van der Waals surface area (Å²) in [5.74, 6) is -0.870. The summed E-state index contributed by atoms with van der Waals surface area (Å²) in [6.07, 6.45) is 7.34. The highest BCUT2D eigenvalue weighted by Gasteiger charge is 2.18. The number of carboxylic acids is 1. The molecule has 3 nitrogen and oxygen atoms in total. The van der Waals surface area contributed by atoms with E-state index in [1.54, 1.807) is 17.2 Å². The van der Waals surface area contributed by atoms with Crippen molar-refractivity contribution in [3.05, 3.63) is 24.4 Å². The number of allylic oxidation sites excluding steroid dienone is 2. The quantitative estimate of drug-likeness (QED) is 0.558. The molecule has 60 valence electrons. The maximum atomic E-state index is 10.5. The van der Waals surface area contributed by atoms with Crippen LogP contribution in [0, 0.1) is 0 Å². The first-order valence-electron chi connectivity index (χ1n) is 3.18. The molecule has 0 saturated heterocycles. The van der Waals surface area contributed by atoms with E-state index in [9.17, 15) is 4.79 Å². The molecular formula is C7H8BrNO2.